The zero-order chi connectivity index (χ0) is 12.7. The normalized spacial score (nSPS) is 10.9. The van der Waals surface area contributed by atoms with Gasteiger partial charge in [-0.05, 0) is 0 Å². The van der Waals surface area contributed by atoms with E-state index >= 15 is 0 Å². The average molecular weight is 240 g/mol. The molecule has 96 valence electrons. The maximum atomic E-state index is 9.23. The minimum Gasteiger partial charge on any atom is -0.490 e. The highest BCUT2D eigenvalue weighted by molar-refractivity contribution is 5.24. The summed E-state index contributed by atoms with van der Waals surface area (Å²) < 4.78 is 10.4. The molecule has 0 fully saturated rings. The lowest BCUT2D eigenvalue weighted by Crippen LogP contribution is -2.07. The van der Waals surface area contributed by atoms with E-state index < -0.39 is 0 Å². The van der Waals surface area contributed by atoms with Gasteiger partial charge in [0, 0.05) is 26.1 Å². The lowest BCUT2D eigenvalue weighted by Gasteiger charge is -2.11. The zero-order valence-corrected chi connectivity index (χ0v) is 10.6. The van der Waals surface area contributed by atoms with Gasteiger partial charge in [-0.3, -0.25) is 0 Å². The SMILES string of the molecule is COCCCOc1cnc(C(C)C)nc1CO. The molecule has 0 bridgehead atoms. The van der Waals surface area contributed by atoms with E-state index in [1.54, 1.807) is 13.3 Å². The third-order valence-corrected chi connectivity index (χ3v) is 2.26. The van der Waals surface area contributed by atoms with Gasteiger partial charge in [0.2, 0.25) is 0 Å². The number of nitrogens with zero attached hydrogens (tertiary/aromatic N) is 2. The number of hydrogen-bond acceptors (Lipinski definition) is 5. The molecule has 0 saturated heterocycles. The molecule has 0 aromatic carbocycles. The predicted octanol–water partition coefficient (Wildman–Crippen LogP) is 1.51. The smallest absolute Gasteiger partial charge is 0.161 e. The van der Waals surface area contributed by atoms with Crippen LogP contribution in [0.15, 0.2) is 6.20 Å². The molecule has 0 aliphatic rings. The van der Waals surface area contributed by atoms with Crippen molar-refractivity contribution in [2.75, 3.05) is 20.3 Å². The number of aliphatic hydroxyl groups is 1. The van der Waals surface area contributed by atoms with Gasteiger partial charge in [0.1, 0.15) is 11.5 Å². The summed E-state index contributed by atoms with van der Waals surface area (Å²) in [6.07, 6.45) is 2.42. The zero-order valence-electron chi connectivity index (χ0n) is 10.6. The first kappa shape index (κ1) is 13.9. The average Bonchev–Trinajstić information content (AvgIpc) is 2.34. The molecule has 0 atom stereocenters. The van der Waals surface area contributed by atoms with E-state index in [4.69, 9.17) is 9.47 Å². The van der Waals surface area contributed by atoms with E-state index in [-0.39, 0.29) is 12.5 Å². The van der Waals surface area contributed by atoms with Crippen molar-refractivity contribution in [3.63, 3.8) is 0 Å². The van der Waals surface area contributed by atoms with Crippen LogP contribution in [0.1, 0.15) is 37.7 Å². The number of aromatic nitrogens is 2. The van der Waals surface area contributed by atoms with E-state index in [0.29, 0.717) is 24.7 Å². The number of methoxy groups -OCH3 is 1. The Morgan fingerprint density at radius 3 is 2.71 bits per heavy atom. The number of aliphatic hydroxyl groups excluding tert-OH is 1. The second kappa shape index (κ2) is 7.19. The predicted molar refractivity (Wildman–Crippen MR) is 64.0 cm³/mol. The molecule has 1 aromatic heterocycles. The minimum atomic E-state index is -0.137. The summed E-state index contributed by atoms with van der Waals surface area (Å²) in [7, 11) is 1.65. The van der Waals surface area contributed by atoms with Crippen molar-refractivity contribution >= 4 is 0 Å². The molecule has 0 radical (unpaired) electrons. The van der Waals surface area contributed by atoms with Gasteiger partial charge in [0.15, 0.2) is 5.75 Å². The summed E-state index contributed by atoms with van der Waals surface area (Å²) in [6.45, 7) is 5.07. The monoisotopic (exact) mass is 240 g/mol. The Morgan fingerprint density at radius 2 is 2.12 bits per heavy atom. The van der Waals surface area contributed by atoms with Crippen LogP contribution in [-0.2, 0) is 11.3 Å². The molecule has 5 heteroatoms. The van der Waals surface area contributed by atoms with Crippen molar-refractivity contribution < 1.29 is 14.6 Å². The van der Waals surface area contributed by atoms with Gasteiger partial charge in [0.25, 0.3) is 0 Å². The van der Waals surface area contributed by atoms with E-state index in [1.807, 2.05) is 13.8 Å². The van der Waals surface area contributed by atoms with Crippen molar-refractivity contribution in [2.45, 2.75) is 32.8 Å². The molecule has 17 heavy (non-hydrogen) atoms. The van der Waals surface area contributed by atoms with Crippen LogP contribution >= 0.6 is 0 Å². The standard InChI is InChI=1S/C12H20N2O3/c1-9(2)12-13-7-11(10(8-15)14-12)17-6-4-5-16-3/h7,9,15H,4-6,8H2,1-3H3. The molecule has 1 N–H and O–H groups in total. The Labute approximate surface area is 102 Å². The van der Waals surface area contributed by atoms with E-state index in [0.717, 1.165) is 12.2 Å². The van der Waals surface area contributed by atoms with Gasteiger partial charge in [-0.25, -0.2) is 9.97 Å². The minimum absolute atomic E-state index is 0.137. The highest BCUT2D eigenvalue weighted by Crippen LogP contribution is 2.18. The largest absolute Gasteiger partial charge is 0.490 e. The summed E-state index contributed by atoms with van der Waals surface area (Å²) >= 11 is 0. The molecule has 1 heterocycles. The maximum Gasteiger partial charge on any atom is 0.161 e. The molecular formula is C12H20N2O3. The van der Waals surface area contributed by atoms with E-state index in [9.17, 15) is 5.11 Å². The Kier molecular flexibility index (Phi) is 5.86. The fourth-order valence-corrected chi connectivity index (χ4v) is 1.32. The van der Waals surface area contributed by atoms with Gasteiger partial charge in [-0.1, -0.05) is 13.8 Å². The summed E-state index contributed by atoms with van der Waals surface area (Å²) in [5.74, 6) is 1.51. The first-order chi connectivity index (χ1) is 8.19. The van der Waals surface area contributed by atoms with Crippen LogP contribution in [0, 0.1) is 0 Å². The maximum absolute atomic E-state index is 9.23. The first-order valence-electron chi connectivity index (χ1n) is 5.77. The molecule has 0 unspecified atom stereocenters. The van der Waals surface area contributed by atoms with Crippen molar-refractivity contribution in [1.29, 1.82) is 0 Å². The molecule has 1 rings (SSSR count). The Balaban J connectivity index is 2.65. The summed E-state index contributed by atoms with van der Waals surface area (Å²) in [5.41, 5.74) is 0.543. The van der Waals surface area contributed by atoms with Crippen LogP contribution in [0.5, 0.6) is 5.75 Å². The van der Waals surface area contributed by atoms with E-state index in [1.165, 1.54) is 0 Å². The Bertz CT molecular complexity index is 343. The lowest BCUT2D eigenvalue weighted by atomic mass is 10.2. The van der Waals surface area contributed by atoms with Crippen LogP contribution in [0.2, 0.25) is 0 Å². The highest BCUT2D eigenvalue weighted by atomic mass is 16.5. The third kappa shape index (κ3) is 4.28. The topological polar surface area (TPSA) is 64.5 Å². The Morgan fingerprint density at radius 1 is 1.35 bits per heavy atom. The summed E-state index contributed by atoms with van der Waals surface area (Å²) in [6, 6.07) is 0. The number of hydrogen-bond donors (Lipinski definition) is 1. The molecule has 1 aromatic rings. The van der Waals surface area contributed by atoms with Gasteiger partial charge >= 0.3 is 0 Å². The third-order valence-electron chi connectivity index (χ3n) is 2.26. The van der Waals surface area contributed by atoms with Crippen LogP contribution in [0.3, 0.4) is 0 Å². The van der Waals surface area contributed by atoms with Crippen LogP contribution in [0.4, 0.5) is 0 Å². The molecule has 0 saturated carbocycles. The van der Waals surface area contributed by atoms with Gasteiger partial charge in [0.05, 0.1) is 19.4 Å². The van der Waals surface area contributed by atoms with Crippen molar-refractivity contribution in [3.8, 4) is 5.75 Å². The number of ether oxygens (including phenoxy) is 2. The molecule has 0 aliphatic heterocycles. The second-order valence-corrected chi connectivity index (χ2v) is 4.05. The van der Waals surface area contributed by atoms with Crippen molar-refractivity contribution in [3.05, 3.63) is 17.7 Å². The molecule has 0 spiro atoms. The van der Waals surface area contributed by atoms with Crippen LogP contribution in [0.25, 0.3) is 0 Å². The van der Waals surface area contributed by atoms with Crippen molar-refractivity contribution in [1.82, 2.24) is 9.97 Å². The van der Waals surface area contributed by atoms with Crippen LogP contribution in [-0.4, -0.2) is 35.4 Å². The summed E-state index contributed by atoms with van der Waals surface area (Å²) in [5, 5.41) is 9.23. The number of rotatable bonds is 7. The summed E-state index contributed by atoms with van der Waals surface area (Å²) in [4.78, 5) is 8.48. The fraction of sp³-hybridized carbons (Fsp3) is 0.667. The molecule has 0 aliphatic carbocycles. The molecule has 5 nitrogen and oxygen atoms in total. The Hall–Kier alpha value is -1.20. The second-order valence-electron chi connectivity index (χ2n) is 4.05. The van der Waals surface area contributed by atoms with Crippen molar-refractivity contribution in [2.24, 2.45) is 0 Å². The molecule has 0 amide bonds. The van der Waals surface area contributed by atoms with Gasteiger partial charge in [-0.15, -0.1) is 0 Å². The lowest BCUT2D eigenvalue weighted by molar-refractivity contribution is 0.170. The van der Waals surface area contributed by atoms with Gasteiger partial charge in [-0.2, -0.15) is 0 Å². The quantitative estimate of drug-likeness (QED) is 0.732. The van der Waals surface area contributed by atoms with Crippen LogP contribution < -0.4 is 4.74 Å². The van der Waals surface area contributed by atoms with Gasteiger partial charge < -0.3 is 14.6 Å². The first-order valence-corrected chi connectivity index (χ1v) is 5.77. The molecular weight excluding hydrogens is 220 g/mol. The highest BCUT2D eigenvalue weighted by Gasteiger charge is 2.09. The fourth-order valence-electron chi connectivity index (χ4n) is 1.32. The van der Waals surface area contributed by atoms with E-state index in [2.05, 4.69) is 9.97 Å².